The molecule has 2 atom stereocenters. The zero-order chi connectivity index (χ0) is 12.4. The second-order valence-electron chi connectivity index (χ2n) is 5.27. The van der Waals surface area contributed by atoms with Crippen LogP contribution in [0, 0.1) is 19.8 Å². The Morgan fingerprint density at radius 3 is 2.76 bits per heavy atom. The maximum atomic E-state index is 9.06. The molecule has 2 rings (SSSR count). The number of anilines is 1. The van der Waals surface area contributed by atoms with Crippen molar-refractivity contribution in [2.45, 2.75) is 52.6 Å². The van der Waals surface area contributed by atoms with Gasteiger partial charge in [0.25, 0.3) is 0 Å². The van der Waals surface area contributed by atoms with Crippen molar-refractivity contribution in [1.29, 1.82) is 0 Å². The number of hydrogen-bond acceptors (Lipinski definition) is 3. The summed E-state index contributed by atoms with van der Waals surface area (Å²) in [6, 6.07) is 0.567. The molecule has 1 aliphatic rings. The van der Waals surface area contributed by atoms with Crippen LogP contribution in [0.25, 0.3) is 0 Å². The van der Waals surface area contributed by atoms with E-state index in [4.69, 9.17) is 5.11 Å². The van der Waals surface area contributed by atoms with Gasteiger partial charge in [-0.1, -0.05) is 6.92 Å². The Morgan fingerprint density at radius 1 is 1.41 bits per heavy atom. The molecule has 2 unspecified atom stereocenters. The molecule has 0 radical (unpaired) electrons. The lowest BCUT2D eigenvalue weighted by molar-refractivity contribution is 0.270. The molecule has 0 aromatic carbocycles. The average Bonchev–Trinajstić information content (AvgIpc) is 2.79. The minimum Gasteiger partial charge on any atom is -0.394 e. The van der Waals surface area contributed by atoms with Gasteiger partial charge in [0.2, 0.25) is 0 Å². The van der Waals surface area contributed by atoms with E-state index in [-0.39, 0.29) is 6.61 Å². The Kier molecular flexibility index (Phi) is 3.72. The molecule has 2 N–H and O–H groups in total. The predicted molar refractivity (Wildman–Crippen MR) is 69.2 cm³/mol. The van der Waals surface area contributed by atoms with E-state index >= 15 is 0 Å². The van der Waals surface area contributed by atoms with Crippen molar-refractivity contribution in [3.8, 4) is 0 Å². The molecule has 0 aliphatic heterocycles. The third-order valence-corrected chi connectivity index (χ3v) is 3.77. The van der Waals surface area contributed by atoms with Gasteiger partial charge in [0.15, 0.2) is 0 Å². The standard InChI is InChI=1S/C13H23N3O/c1-9-4-5-12(8-9)14-13-10(2)11(3)15-16(13)6-7-17/h9,12,14,17H,4-8H2,1-3H3. The van der Waals surface area contributed by atoms with E-state index in [9.17, 15) is 0 Å². The highest BCUT2D eigenvalue weighted by atomic mass is 16.3. The fourth-order valence-electron chi connectivity index (χ4n) is 2.64. The van der Waals surface area contributed by atoms with E-state index in [2.05, 4.69) is 24.3 Å². The van der Waals surface area contributed by atoms with Gasteiger partial charge in [0.1, 0.15) is 5.82 Å². The number of hydrogen-bond donors (Lipinski definition) is 2. The molecule has 1 fully saturated rings. The minimum atomic E-state index is 0.135. The molecule has 1 aliphatic carbocycles. The van der Waals surface area contributed by atoms with Crippen LogP contribution in [0.5, 0.6) is 0 Å². The highest BCUT2D eigenvalue weighted by molar-refractivity contribution is 5.47. The van der Waals surface area contributed by atoms with Crippen LogP contribution in [0.3, 0.4) is 0 Å². The van der Waals surface area contributed by atoms with Gasteiger partial charge >= 0.3 is 0 Å². The molecular weight excluding hydrogens is 214 g/mol. The number of aryl methyl sites for hydroxylation is 1. The molecule has 0 bridgehead atoms. The monoisotopic (exact) mass is 237 g/mol. The normalized spacial score (nSPS) is 24.2. The number of nitrogens with zero attached hydrogens (tertiary/aromatic N) is 2. The zero-order valence-electron chi connectivity index (χ0n) is 11.0. The summed E-state index contributed by atoms with van der Waals surface area (Å²) in [6.45, 7) is 7.13. The Hall–Kier alpha value is -1.03. The predicted octanol–water partition coefficient (Wildman–Crippen LogP) is 2.09. The van der Waals surface area contributed by atoms with E-state index in [0.717, 1.165) is 17.4 Å². The second-order valence-corrected chi connectivity index (χ2v) is 5.27. The van der Waals surface area contributed by atoms with Crippen molar-refractivity contribution in [2.24, 2.45) is 5.92 Å². The van der Waals surface area contributed by atoms with Crippen LogP contribution in [0.2, 0.25) is 0 Å². The zero-order valence-corrected chi connectivity index (χ0v) is 11.0. The van der Waals surface area contributed by atoms with Crippen molar-refractivity contribution >= 4 is 5.82 Å². The molecule has 96 valence electrons. The third kappa shape index (κ3) is 2.63. The summed E-state index contributed by atoms with van der Waals surface area (Å²) in [5, 5.41) is 17.1. The van der Waals surface area contributed by atoms with Crippen LogP contribution in [-0.2, 0) is 6.54 Å². The second kappa shape index (κ2) is 5.08. The van der Waals surface area contributed by atoms with Gasteiger partial charge in [-0.15, -0.1) is 0 Å². The molecule has 17 heavy (non-hydrogen) atoms. The SMILES string of the molecule is Cc1nn(CCO)c(NC2CCC(C)C2)c1C. The molecule has 4 nitrogen and oxygen atoms in total. The fourth-order valence-corrected chi connectivity index (χ4v) is 2.64. The summed E-state index contributed by atoms with van der Waals surface area (Å²) < 4.78 is 1.90. The lowest BCUT2D eigenvalue weighted by Gasteiger charge is -2.16. The van der Waals surface area contributed by atoms with Crippen LogP contribution in [0.1, 0.15) is 37.4 Å². The van der Waals surface area contributed by atoms with Crippen molar-refractivity contribution in [3.05, 3.63) is 11.3 Å². The Bertz CT molecular complexity index is 386. The third-order valence-electron chi connectivity index (χ3n) is 3.77. The van der Waals surface area contributed by atoms with Gasteiger partial charge in [-0.25, -0.2) is 4.68 Å². The number of aromatic nitrogens is 2. The number of aliphatic hydroxyl groups is 1. The first-order valence-electron chi connectivity index (χ1n) is 6.53. The summed E-state index contributed by atoms with van der Waals surface area (Å²) in [6.07, 6.45) is 3.79. The Balaban J connectivity index is 2.13. The molecule has 0 amide bonds. The van der Waals surface area contributed by atoms with Gasteiger partial charge in [-0.05, 0) is 39.0 Å². The smallest absolute Gasteiger partial charge is 0.127 e. The molecule has 1 saturated carbocycles. The average molecular weight is 237 g/mol. The van der Waals surface area contributed by atoms with Crippen molar-refractivity contribution in [2.75, 3.05) is 11.9 Å². The van der Waals surface area contributed by atoms with Gasteiger partial charge in [0.05, 0.1) is 18.8 Å². The Morgan fingerprint density at radius 2 is 2.18 bits per heavy atom. The quantitative estimate of drug-likeness (QED) is 0.843. The van der Waals surface area contributed by atoms with Crippen LogP contribution in [0.4, 0.5) is 5.82 Å². The maximum Gasteiger partial charge on any atom is 0.127 e. The largest absolute Gasteiger partial charge is 0.394 e. The van der Waals surface area contributed by atoms with E-state index in [0.29, 0.717) is 12.6 Å². The number of nitrogens with one attached hydrogen (secondary N) is 1. The van der Waals surface area contributed by atoms with Gasteiger partial charge < -0.3 is 10.4 Å². The lowest BCUT2D eigenvalue weighted by atomic mass is 10.1. The van der Waals surface area contributed by atoms with Gasteiger partial charge in [-0.3, -0.25) is 0 Å². The topological polar surface area (TPSA) is 50.1 Å². The summed E-state index contributed by atoms with van der Waals surface area (Å²) in [5.41, 5.74) is 2.25. The molecule has 0 spiro atoms. The van der Waals surface area contributed by atoms with E-state index in [1.807, 2.05) is 11.6 Å². The summed E-state index contributed by atoms with van der Waals surface area (Å²) in [5.74, 6) is 1.92. The minimum absolute atomic E-state index is 0.135. The van der Waals surface area contributed by atoms with Crippen LogP contribution < -0.4 is 5.32 Å². The van der Waals surface area contributed by atoms with Crippen LogP contribution in [0.15, 0.2) is 0 Å². The number of aliphatic hydroxyl groups excluding tert-OH is 1. The van der Waals surface area contributed by atoms with E-state index in [1.54, 1.807) is 0 Å². The molecule has 0 saturated heterocycles. The number of rotatable bonds is 4. The molecule has 1 aromatic heterocycles. The van der Waals surface area contributed by atoms with E-state index in [1.165, 1.54) is 24.8 Å². The van der Waals surface area contributed by atoms with Crippen molar-refractivity contribution in [3.63, 3.8) is 0 Å². The van der Waals surface area contributed by atoms with Crippen LogP contribution in [-0.4, -0.2) is 27.5 Å². The molecular formula is C13H23N3O. The summed E-state index contributed by atoms with van der Waals surface area (Å²) >= 11 is 0. The summed E-state index contributed by atoms with van der Waals surface area (Å²) in [4.78, 5) is 0. The van der Waals surface area contributed by atoms with Crippen molar-refractivity contribution in [1.82, 2.24) is 9.78 Å². The van der Waals surface area contributed by atoms with Gasteiger partial charge in [0, 0.05) is 11.6 Å². The van der Waals surface area contributed by atoms with Crippen LogP contribution >= 0.6 is 0 Å². The molecule has 4 heteroatoms. The van der Waals surface area contributed by atoms with E-state index < -0.39 is 0 Å². The lowest BCUT2D eigenvalue weighted by Crippen LogP contribution is -2.19. The van der Waals surface area contributed by atoms with Gasteiger partial charge in [-0.2, -0.15) is 5.10 Å². The van der Waals surface area contributed by atoms with Crippen molar-refractivity contribution < 1.29 is 5.11 Å². The summed E-state index contributed by atoms with van der Waals surface area (Å²) in [7, 11) is 0. The first kappa shape index (κ1) is 12.4. The maximum absolute atomic E-state index is 9.06. The highest BCUT2D eigenvalue weighted by Gasteiger charge is 2.23. The Labute approximate surface area is 103 Å². The highest BCUT2D eigenvalue weighted by Crippen LogP contribution is 2.29. The molecule has 1 heterocycles. The fraction of sp³-hybridized carbons (Fsp3) is 0.769. The first-order valence-corrected chi connectivity index (χ1v) is 6.53. The molecule has 1 aromatic rings. The first-order chi connectivity index (χ1) is 8.11.